The van der Waals surface area contributed by atoms with Gasteiger partial charge in [0.1, 0.15) is 0 Å². The smallest absolute Gasteiger partial charge is 0.171 e. The lowest BCUT2D eigenvalue weighted by atomic mass is 10.1. The number of allylic oxidation sites excluding steroid dienone is 2. The van der Waals surface area contributed by atoms with E-state index >= 15 is 0 Å². The Kier molecular flexibility index (Phi) is 4.23. The summed E-state index contributed by atoms with van der Waals surface area (Å²) in [6, 6.07) is 0. The van der Waals surface area contributed by atoms with Gasteiger partial charge in [-0.05, 0) is 13.3 Å². The van der Waals surface area contributed by atoms with Gasteiger partial charge in [-0.25, -0.2) is 0 Å². The highest BCUT2D eigenvalue weighted by Gasteiger charge is 2.24. The van der Waals surface area contributed by atoms with Crippen LogP contribution in [0.5, 0.6) is 0 Å². The summed E-state index contributed by atoms with van der Waals surface area (Å²) in [6.45, 7) is 3.68. The Morgan fingerprint density at radius 2 is 1.91 bits per heavy atom. The van der Waals surface area contributed by atoms with Crippen LogP contribution in [0, 0.1) is 0 Å². The molecule has 0 saturated carbocycles. The van der Waals surface area contributed by atoms with Crippen molar-refractivity contribution in [2.45, 2.75) is 39.3 Å². The van der Waals surface area contributed by atoms with E-state index in [1.54, 1.807) is 6.92 Å². The molecule has 0 unspecified atom stereocenters. The minimum absolute atomic E-state index is 0.760. The molecule has 0 aliphatic carbocycles. The third-order valence-electron chi connectivity index (χ3n) is 1.33. The van der Waals surface area contributed by atoms with Crippen molar-refractivity contribution in [1.82, 2.24) is 0 Å². The second-order valence-electron chi connectivity index (χ2n) is 2.62. The molecule has 0 bridgehead atoms. The number of alkyl halides is 3. The first-order chi connectivity index (χ1) is 4.95. The Morgan fingerprint density at radius 3 is 2.27 bits per heavy atom. The molecule has 0 aliphatic rings. The van der Waals surface area contributed by atoms with Gasteiger partial charge >= 0.3 is 6.18 Å². The van der Waals surface area contributed by atoms with Crippen LogP contribution in [0.4, 0.5) is 13.2 Å². The van der Waals surface area contributed by atoms with Crippen LogP contribution in [-0.4, -0.2) is 6.18 Å². The predicted octanol–water partition coefficient (Wildman–Crippen LogP) is 3.69. The Labute approximate surface area is 65.1 Å². The van der Waals surface area contributed by atoms with Crippen molar-refractivity contribution in [3.05, 3.63) is 11.6 Å². The van der Waals surface area contributed by atoms with Gasteiger partial charge in [0.15, 0.2) is 0 Å². The summed E-state index contributed by atoms with van der Waals surface area (Å²) in [7, 11) is 0. The molecule has 0 fully saturated rings. The molecule has 0 aliphatic heterocycles. The fourth-order valence-corrected chi connectivity index (χ4v) is 0.786. The van der Waals surface area contributed by atoms with Crippen LogP contribution in [-0.2, 0) is 0 Å². The van der Waals surface area contributed by atoms with Gasteiger partial charge in [0, 0.05) is 0 Å². The molecule has 0 heterocycles. The number of hydrogen-bond acceptors (Lipinski definition) is 0. The van der Waals surface area contributed by atoms with E-state index in [1.165, 1.54) is 6.08 Å². The van der Waals surface area contributed by atoms with Gasteiger partial charge in [0.05, 0.1) is 6.42 Å². The molecule has 0 amide bonds. The van der Waals surface area contributed by atoms with E-state index in [2.05, 4.69) is 0 Å². The van der Waals surface area contributed by atoms with E-state index in [4.69, 9.17) is 0 Å². The minimum atomic E-state index is -4.05. The summed E-state index contributed by atoms with van der Waals surface area (Å²) in [5.74, 6) is 0. The fourth-order valence-electron chi connectivity index (χ4n) is 0.786. The predicted molar refractivity (Wildman–Crippen MR) is 39.3 cm³/mol. The third kappa shape index (κ3) is 7.43. The lowest BCUT2D eigenvalue weighted by Gasteiger charge is -2.02. The molecule has 0 rings (SSSR count). The van der Waals surface area contributed by atoms with Crippen LogP contribution in [0.25, 0.3) is 0 Å². The van der Waals surface area contributed by atoms with Crippen LogP contribution < -0.4 is 0 Å². The molecule has 0 radical (unpaired) electrons. The molecule has 0 N–H and O–H groups in total. The molecular weight excluding hydrogens is 153 g/mol. The van der Waals surface area contributed by atoms with Crippen molar-refractivity contribution in [2.24, 2.45) is 0 Å². The van der Waals surface area contributed by atoms with Gasteiger partial charge in [0.25, 0.3) is 0 Å². The molecule has 0 aromatic carbocycles. The van der Waals surface area contributed by atoms with Crippen LogP contribution in [0.1, 0.15) is 33.1 Å². The lowest BCUT2D eigenvalue weighted by Crippen LogP contribution is -2.04. The second-order valence-corrected chi connectivity index (χ2v) is 2.62. The van der Waals surface area contributed by atoms with E-state index in [-0.39, 0.29) is 0 Å². The topological polar surface area (TPSA) is 0 Å². The summed E-state index contributed by atoms with van der Waals surface area (Å²) in [5.41, 5.74) is 0.824. The third-order valence-corrected chi connectivity index (χ3v) is 1.33. The van der Waals surface area contributed by atoms with E-state index in [0.717, 1.165) is 18.4 Å². The molecule has 66 valence electrons. The molecule has 11 heavy (non-hydrogen) atoms. The highest BCUT2D eigenvalue weighted by atomic mass is 19.4. The average Bonchev–Trinajstić information content (AvgIpc) is 1.83. The van der Waals surface area contributed by atoms with E-state index in [1.807, 2.05) is 6.92 Å². The first-order valence-electron chi connectivity index (χ1n) is 3.68. The van der Waals surface area contributed by atoms with Crippen molar-refractivity contribution in [3.63, 3.8) is 0 Å². The number of halogens is 3. The minimum Gasteiger partial charge on any atom is -0.171 e. The van der Waals surface area contributed by atoms with Gasteiger partial charge in [0.2, 0.25) is 0 Å². The normalized spacial score (nSPS) is 13.7. The zero-order chi connectivity index (χ0) is 8.91. The molecule has 3 heteroatoms. The molecule has 0 aromatic heterocycles. The van der Waals surface area contributed by atoms with Crippen molar-refractivity contribution in [1.29, 1.82) is 0 Å². The van der Waals surface area contributed by atoms with Crippen molar-refractivity contribution in [2.75, 3.05) is 0 Å². The first kappa shape index (κ1) is 10.5. The maximum absolute atomic E-state index is 11.6. The van der Waals surface area contributed by atoms with Crippen molar-refractivity contribution < 1.29 is 13.2 Å². The van der Waals surface area contributed by atoms with Crippen molar-refractivity contribution >= 4 is 0 Å². The highest BCUT2D eigenvalue weighted by Crippen LogP contribution is 2.21. The van der Waals surface area contributed by atoms with Gasteiger partial charge in [-0.2, -0.15) is 13.2 Å². The molecule has 0 saturated heterocycles. The Bertz CT molecular complexity index is 133. The second kappa shape index (κ2) is 4.42. The average molecular weight is 166 g/mol. The summed E-state index contributed by atoms with van der Waals surface area (Å²) < 4.78 is 34.8. The summed E-state index contributed by atoms with van der Waals surface area (Å²) >= 11 is 0. The summed E-state index contributed by atoms with van der Waals surface area (Å²) in [5, 5.41) is 0. The fraction of sp³-hybridized carbons (Fsp3) is 0.750. The molecule has 0 spiro atoms. The molecule has 0 atom stereocenters. The quantitative estimate of drug-likeness (QED) is 0.561. The Hall–Kier alpha value is -0.470. The Morgan fingerprint density at radius 1 is 1.36 bits per heavy atom. The summed E-state index contributed by atoms with van der Waals surface area (Å²) in [4.78, 5) is 0. The largest absolute Gasteiger partial charge is 0.392 e. The molecule has 0 nitrogen and oxygen atoms in total. The van der Waals surface area contributed by atoms with Gasteiger partial charge < -0.3 is 0 Å². The standard InChI is InChI=1S/C8H13F3/c1-3-4-7(2)5-6-8(9,10)11/h5H,3-4,6H2,1-2H3/b7-5-. The highest BCUT2D eigenvalue weighted by molar-refractivity contribution is 4.98. The monoisotopic (exact) mass is 166 g/mol. The van der Waals surface area contributed by atoms with Gasteiger partial charge in [-0.1, -0.05) is 25.0 Å². The molecular formula is C8H13F3. The number of hydrogen-bond donors (Lipinski definition) is 0. The zero-order valence-electron chi connectivity index (χ0n) is 6.83. The zero-order valence-corrected chi connectivity index (χ0v) is 6.83. The maximum atomic E-state index is 11.6. The lowest BCUT2D eigenvalue weighted by molar-refractivity contribution is -0.125. The SMILES string of the molecule is CCC/C(C)=C\CC(F)(F)F. The summed E-state index contributed by atoms with van der Waals surface area (Å²) in [6.07, 6.45) is -1.92. The van der Waals surface area contributed by atoms with E-state index in [9.17, 15) is 13.2 Å². The van der Waals surface area contributed by atoms with E-state index in [0.29, 0.717) is 0 Å². The van der Waals surface area contributed by atoms with Crippen LogP contribution in [0.2, 0.25) is 0 Å². The van der Waals surface area contributed by atoms with Gasteiger partial charge in [-0.3, -0.25) is 0 Å². The van der Waals surface area contributed by atoms with Gasteiger partial charge in [-0.15, -0.1) is 0 Å². The maximum Gasteiger partial charge on any atom is 0.392 e. The van der Waals surface area contributed by atoms with Crippen LogP contribution in [0.3, 0.4) is 0 Å². The van der Waals surface area contributed by atoms with Crippen molar-refractivity contribution in [3.8, 4) is 0 Å². The number of rotatable bonds is 3. The first-order valence-corrected chi connectivity index (χ1v) is 3.68. The molecule has 0 aromatic rings. The Balaban J connectivity index is 3.73. The van der Waals surface area contributed by atoms with E-state index < -0.39 is 12.6 Å². The van der Waals surface area contributed by atoms with Crippen LogP contribution in [0.15, 0.2) is 11.6 Å². The van der Waals surface area contributed by atoms with Crippen LogP contribution >= 0.6 is 0 Å².